The predicted molar refractivity (Wildman–Crippen MR) is 74.6 cm³/mol. The average molecular weight is 286 g/mol. The number of halogens is 1. The van der Waals surface area contributed by atoms with E-state index in [0.29, 0.717) is 31.6 Å². The van der Waals surface area contributed by atoms with Crippen LogP contribution in [0, 0.1) is 5.82 Å². The van der Waals surface area contributed by atoms with E-state index in [1.54, 1.807) is 13.1 Å². The van der Waals surface area contributed by atoms with Gasteiger partial charge in [-0.3, -0.25) is 0 Å². The second-order valence-electron chi connectivity index (χ2n) is 4.76. The van der Waals surface area contributed by atoms with E-state index < -0.39 is 9.84 Å². The molecule has 106 valence electrons. The molecule has 6 heteroatoms. The maximum absolute atomic E-state index is 13.9. The van der Waals surface area contributed by atoms with Crippen molar-refractivity contribution in [3.8, 4) is 0 Å². The number of hydrogen-bond acceptors (Lipinski definition) is 4. The molecule has 4 nitrogen and oxygen atoms in total. The molecule has 0 aliphatic carbocycles. The first kappa shape index (κ1) is 14.3. The zero-order chi connectivity index (χ0) is 13.9. The summed E-state index contributed by atoms with van der Waals surface area (Å²) in [6.45, 7) is 1.52. The molecular formula is C13H19FN2O2S. The second kappa shape index (κ2) is 5.88. The van der Waals surface area contributed by atoms with E-state index in [1.165, 1.54) is 6.07 Å². The largest absolute Gasteiger partial charge is 0.370 e. The highest BCUT2D eigenvalue weighted by atomic mass is 32.2. The first-order valence-corrected chi connectivity index (χ1v) is 8.23. The van der Waals surface area contributed by atoms with E-state index in [9.17, 15) is 12.8 Å². The molecular weight excluding hydrogens is 267 g/mol. The topological polar surface area (TPSA) is 49.4 Å². The van der Waals surface area contributed by atoms with Crippen LogP contribution in [0.3, 0.4) is 0 Å². The van der Waals surface area contributed by atoms with Gasteiger partial charge in [-0.25, -0.2) is 12.8 Å². The third-order valence-corrected chi connectivity index (χ3v) is 5.06. The summed E-state index contributed by atoms with van der Waals surface area (Å²) in [5, 5.41) is 2.95. The van der Waals surface area contributed by atoms with Gasteiger partial charge >= 0.3 is 0 Å². The molecule has 1 aliphatic rings. The molecule has 1 aromatic carbocycles. The van der Waals surface area contributed by atoms with Crippen LogP contribution in [0.15, 0.2) is 18.2 Å². The molecule has 0 atom stereocenters. The van der Waals surface area contributed by atoms with Gasteiger partial charge in [0.15, 0.2) is 9.84 Å². The van der Waals surface area contributed by atoms with Crippen LogP contribution in [0.2, 0.25) is 0 Å². The standard InChI is InChI=1S/C13H19FN2O2S/c1-15-10-11-12(14)4-2-5-13(11)16-6-3-8-19(17,18)9-7-16/h2,4-5,15H,3,6-10H2,1H3. The fraction of sp³-hybridized carbons (Fsp3) is 0.538. The Morgan fingerprint density at radius 1 is 1.32 bits per heavy atom. The number of hydrogen-bond donors (Lipinski definition) is 1. The van der Waals surface area contributed by atoms with E-state index in [0.717, 1.165) is 5.69 Å². The molecule has 0 amide bonds. The van der Waals surface area contributed by atoms with Gasteiger partial charge in [0.25, 0.3) is 0 Å². The van der Waals surface area contributed by atoms with Crippen molar-refractivity contribution in [3.63, 3.8) is 0 Å². The van der Waals surface area contributed by atoms with Gasteiger partial charge in [0, 0.05) is 30.9 Å². The molecule has 0 spiro atoms. The summed E-state index contributed by atoms with van der Waals surface area (Å²) >= 11 is 0. The maximum Gasteiger partial charge on any atom is 0.152 e. The first-order valence-electron chi connectivity index (χ1n) is 6.41. The number of benzene rings is 1. The highest BCUT2D eigenvalue weighted by Crippen LogP contribution is 2.24. The normalized spacial score (nSPS) is 19.2. The zero-order valence-electron chi connectivity index (χ0n) is 11.0. The SMILES string of the molecule is CNCc1c(F)cccc1N1CCCS(=O)(=O)CC1. The molecule has 0 saturated carbocycles. The van der Waals surface area contributed by atoms with Gasteiger partial charge in [-0.05, 0) is 25.6 Å². The molecule has 19 heavy (non-hydrogen) atoms. The van der Waals surface area contributed by atoms with E-state index in [2.05, 4.69) is 5.32 Å². The Morgan fingerprint density at radius 2 is 2.11 bits per heavy atom. The van der Waals surface area contributed by atoms with Crippen LogP contribution < -0.4 is 10.2 Å². The van der Waals surface area contributed by atoms with Crippen molar-refractivity contribution in [2.45, 2.75) is 13.0 Å². The fourth-order valence-corrected chi connectivity index (χ4v) is 3.65. The zero-order valence-corrected chi connectivity index (χ0v) is 11.8. The number of anilines is 1. The van der Waals surface area contributed by atoms with Crippen molar-refractivity contribution in [1.82, 2.24) is 5.32 Å². The third-order valence-electron chi connectivity index (χ3n) is 3.34. The third kappa shape index (κ3) is 3.45. The minimum Gasteiger partial charge on any atom is -0.370 e. The van der Waals surface area contributed by atoms with E-state index in [-0.39, 0.29) is 17.3 Å². The molecule has 1 aromatic rings. The minimum absolute atomic E-state index is 0.141. The number of sulfone groups is 1. The van der Waals surface area contributed by atoms with Gasteiger partial charge in [-0.15, -0.1) is 0 Å². The van der Waals surface area contributed by atoms with Crippen LogP contribution in [-0.2, 0) is 16.4 Å². The van der Waals surface area contributed by atoms with E-state index >= 15 is 0 Å². The van der Waals surface area contributed by atoms with Gasteiger partial charge in [0.2, 0.25) is 0 Å². The van der Waals surface area contributed by atoms with Crippen LogP contribution in [0.5, 0.6) is 0 Å². The molecule has 0 unspecified atom stereocenters. The number of rotatable bonds is 3. The van der Waals surface area contributed by atoms with E-state index in [1.807, 2.05) is 11.0 Å². The van der Waals surface area contributed by atoms with Crippen molar-refractivity contribution < 1.29 is 12.8 Å². The molecule has 1 aliphatic heterocycles. The Bertz CT molecular complexity index is 546. The Kier molecular flexibility index (Phi) is 4.42. The second-order valence-corrected chi connectivity index (χ2v) is 7.06. The monoisotopic (exact) mass is 286 g/mol. The lowest BCUT2D eigenvalue weighted by molar-refractivity contribution is 0.597. The number of nitrogens with zero attached hydrogens (tertiary/aromatic N) is 1. The molecule has 1 heterocycles. The van der Waals surface area contributed by atoms with Crippen LogP contribution in [0.1, 0.15) is 12.0 Å². The summed E-state index contributed by atoms with van der Waals surface area (Å²) in [5.41, 5.74) is 1.40. The lowest BCUT2D eigenvalue weighted by Crippen LogP contribution is -2.28. The highest BCUT2D eigenvalue weighted by molar-refractivity contribution is 7.91. The van der Waals surface area contributed by atoms with Crippen molar-refractivity contribution in [3.05, 3.63) is 29.6 Å². The van der Waals surface area contributed by atoms with Gasteiger partial charge in [0.05, 0.1) is 11.5 Å². The summed E-state index contributed by atoms with van der Waals surface area (Å²) in [5.74, 6) is 0.113. The lowest BCUT2D eigenvalue weighted by atomic mass is 10.1. The molecule has 1 saturated heterocycles. The fourth-order valence-electron chi connectivity index (χ4n) is 2.37. The Labute approximate surface area is 113 Å². The van der Waals surface area contributed by atoms with Gasteiger partial charge in [-0.2, -0.15) is 0 Å². The molecule has 0 bridgehead atoms. The average Bonchev–Trinajstić information content (AvgIpc) is 2.53. The number of nitrogens with one attached hydrogen (secondary N) is 1. The molecule has 1 fully saturated rings. The predicted octanol–water partition coefficient (Wildman–Crippen LogP) is 1.17. The summed E-state index contributed by atoms with van der Waals surface area (Å²) in [6.07, 6.45) is 0.595. The van der Waals surface area contributed by atoms with Crippen molar-refractivity contribution in [2.24, 2.45) is 0 Å². The van der Waals surface area contributed by atoms with Crippen molar-refractivity contribution in [2.75, 3.05) is 36.5 Å². The molecule has 0 aromatic heterocycles. The summed E-state index contributed by atoms with van der Waals surface area (Å²) in [4.78, 5) is 1.97. The van der Waals surface area contributed by atoms with Crippen LogP contribution in [0.4, 0.5) is 10.1 Å². The quantitative estimate of drug-likeness (QED) is 0.906. The van der Waals surface area contributed by atoms with Gasteiger partial charge in [0.1, 0.15) is 5.82 Å². The molecule has 2 rings (SSSR count). The summed E-state index contributed by atoms with van der Waals surface area (Å²) in [6, 6.07) is 4.96. The maximum atomic E-state index is 13.9. The van der Waals surface area contributed by atoms with Crippen LogP contribution in [0.25, 0.3) is 0 Å². The Hall–Kier alpha value is -1.14. The van der Waals surface area contributed by atoms with Gasteiger partial charge < -0.3 is 10.2 Å². The van der Waals surface area contributed by atoms with Gasteiger partial charge in [-0.1, -0.05) is 6.07 Å². The Morgan fingerprint density at radius 3 is 2.84 bits per heavy atom. The first-order chi connectivity index (χ1) is 9.03. The minimum atomic E-state index is -2.95. The molecule has 1 N–H and O–H groups in total. The van der Waals surface area contributed by atoms with Crippen molar-refractivity contribution in [1.29, 1.82) is 0 Å². The molecule has 0 radical (unpaired) electrons. The van der Waals surface area contributed by atoms with Crippen molar-refractivity contribution >= 4 is 15.5 Å². The van der Waals surface area contributed by atoms with Crippen LogP contribution >= 0.6 is 0 Å². The summed E-state index contributed by atoms with van der Waals surface area (Å²) < 4.78 is 37.1. The van der Waals surface area contributed by atoms with E-state index in [4.69, 9.17) is 0 Å². The Balaban J connectivity index is 2.28. The lowest BCUT2D eigenvalue weighted by Gasteiger charge is -2.25. The smallest absolute Gasteiger partial charge is 0.152 e. The summed E-state index contributed by atoms with van der Waals surface area (Å²) in [7, 11) is -1.18. The highest BCUT2D eigenvalue weighted by Gasteiger charge is 2.21. The van der Waals surface area contributed by atoms with Crippen LogP contribution in [-0.4, -0.2) is 40.1 Å².